The summed E-state index contributed by atoms with van der Waals surface area (Å²) in [5, 5.41) is 20.7. The average molecular weight is 329 g/mol. The van der Waals surface area contributed by atoms with Crippen molar-refractivity contribution in [2.75, 3.05) is 0 Å². The highest BCUT2D eigenvalue weighted by Gasteiger charge is 2.17. The van der Waals surface area contributed by atoms with E-state index >= 15 is 0 Å². The Hall–Kier alpha value is -3.12. The highest BCUT2D eigenvalue weighted by molar-refractivity contribution is 7.99. The minimum atomic E-state index is -0.887. The van der Waals surface area contributed by atoms with Crippen LogP contribution in [0.3, 0.4) is 0 Å². The SMILES string of the molecule is Cn1ccnc1Sc1ccc(C=C(C#N)C(N)=O)cc1[N+](=O)[O-]. The number of nitriles is 1. The lowest BCUT2D eigenvalue weighted by Gasteiger charge is -2.04. The van der Waals surface area contributed by atoms with E-state index in [1.807, 2.05) is 0 Å². The Morgan fingerprint density at radius 1 is 1.57 bits per heavy atom. The van der Waals surface area contributed by atoms with E-state index in [-0.39, 0.29) is 11.3 Å². The lowest BCUT2D eigenvalue weighted by molar-refractivity contribution is -0.387. The van der Waals surface area contributed by atoms with E-state index in [4.69, 9.17) is 11.0 Å². The molecule has 2 aromatic rings. The number of benzene rings is 1. The third-order valence-corrected chi connectivity index (χ3v) is 4.00. The van der Waals surface area contributed by atoms with E-state index in [9.17, 15) is 14.9 Å². The number of rotatable bonds is 5. The van der Waals surface area contributed by atoms with Gasteiger partial charge in [0.2, 0.25) is 0 Å². The number of hydrogen-bond acceptors (Lipinski definition) is 6. The topological polar surface area (TPSA) is 128 Å². The zero-order valence-electron chi connectivity index (χ0n) is 12.0. The van der Waals surface area contributed by atoms with Crippen LogP contribution in [0.15, 0.2) is 46.2 Å². The van der Waals surface area contributed by atoms with Crippen LogP contribution in [0.25, 0.3) is 6.08 Å². The molecule has 9 heteroatoms. The number of hydrogen-bond donors (Lipinski definition) is 1. The number of imidazole rings is 1. The lowest BCUT2D eigenvalue weighted by atomic mass is 10.1. The Labute approximate surface area is 135 Å². The number of amides is 1. The Bertz CT molecular complexity index is 850. The zero-order valence-corrected chi connectivity index (χ0v) is 12.8. The maximum atomic E-state index is 11.3. The zero-order chi connectivity index (χ0) is 17.0. The maximum absolute atomic E-state index is 11.3. The molecule has 2 N–H and O–H groups in total. The molecule has 0 atom stereocenters. The molecule has 0 spiro atoms. The van der Waals surface area contributed by atoms with E-state index in [0.717, 1.165) is 11.8 Å². The summed E-state index contributed by atoms with van der Waals surface area (Å²) >= 11 is 1.15. The molecule has 0 bridgehead atoms. The number of primary amides is 1. The molecule has 116 valence electrons. The first-order chi connectivity index (χ1) is 10.9. The van der Waals surface area contributed by atoms with E-state index in [1.54, 1.807) is 42.2 Å². The molecule has 0 aliphatic heterocycles. The molecule has 0 aliphatic rings. The van der Waals surface area contributed by atoms with Crippen molar-refractivity contribution in [1.29, 1.82) is 5.26 Å². The van der Waals surface area contributed by atoms with Crippen LogP contribution >= 0.6 is 11.8 Å². The maximum Gasteiger partial charge on any atom is 0.283 e. The van der Waals surface area contributed by atoms with Gasteiger partial charge in [-0.25, -0.2) is 4.98 Å². The van der Waals surface area contributed by atoms with Crippen molar-refractivity contribution in [2.24, 2.45) is 12.8 Å². The summed E-state index contributed by atoms with van der Waals surface area (Å²) in [6, 6.07) is 6.05. The molecule has 1 amide bonds. The van der Waals surface area contributed by atoms with Crippen molar-refractivity contribution in [2.45, 2.75) is 10.1 Å². The highest BCUT2D eigenvalue weighted by Crippen LogP contribution is 2.34. The molecule has 0 fully saturated rings. The Morgan fingerprint density at radius 2 is 2.30 bits per heavy atom. The van der Waals surface area contributed by atoms with Crippen LogP contribution in [0.2, 0.25) is 0 Å². The van der Waals surface area contributed by atoms with Gasteiger partial charge in [0.05, 0.1) is 9.82 Å². The van der Waals surface area contributed by atoms with Crippen LogP contribution < -0.4 is 5.73 Å². The van der Waals surface area contributed by atoms with Crippen LogP contribution in [0.5, 0.6) is 0 Å². The first-order valence-corrected chi connectivity index (χ1v) is 7.09. The number of nitro groups is 1. The summed E-state index contributed by atoms with van der Waals surface area (Å²) in [6.07, 6.45) is 4.54. The van der Waals surface area contributed by atoms with Crippen molar-refractivity contribution in [3.8, 4) is 6.07 Å². The van der Waals surface area contributed by atoms with Crippen molar-refractivity contribution < 1.29 is 9.72 Å². The van der Waals surface area contributed by atoms with E-state index in [1.165, 1.54) is 12.1 Å². The number of aromatic nitrogens is 2. The normalized spacial score (nSPS) is 11.0. The van der Waals surface area contributed by atoms with Gasteiger partial charge < -0.3 is 10.3 Å². The Morgan fingerprint density at radius 3 is 2.83 bits per heavy atom. The fraction of sp³-hybridized carbons (Fsp3) is 0.0714. The summed E-state index contributed by atoms with van der Waals surface area (Å²) in [7, 11) is 1.78. The van der Waals surface area contributed by atoms with Gasteiger partial charge in [-0.15, -0.1) is 0 Å². The minimum Gasteiger partial charge on any atom is -0.365 e. The molecule has 0 radical (unpaired) electrons. The predicted octanol–water partition coefficient (Wildman–Crippen LogP) is 1.87. The van der Waals surface area contributed by atoms with Gasteiger partial charge in [-0.1, -0.05) is 6.07 Å². The van der Waals surface area contributed by atoms with Gasteiger partial charge >= 0.3 is 0 Å². The monoisotopic (exact) mass is 329 g/mol. The predicted molar refractivity (Wildman–Crippen MR) is 83.2 cm³/mol. The van der Waals surface area contributed by atoms with E-state index in [0.29, 0.717) is 15.6 Å². The second-order valence-electron chi connectivity index (χ2n) is 4.44. The van der Waals surface area contributed by atoms with Gasteiger partial charge in [0.15, 0.2) is 5.16 Å². The molecule has 0 saturated carbocycles. The molecule has 0 unspecified atom stereocenters. The highest BCUT2D eigenvalue weighted by atomic mass is 32.2. The number of nitrogens with two attached hydrogens (primary N) is 1. The van der Waals surface area contributed by atoms with Gasteiger partial charge in [0, 0.05) is 25.5 Å². The summed E-state index contributed by atoms with van der Waals surface area (Å²) in [4.78, 5) is 26.3. The lowest BCUT2D eigenvalue weighted by Crippen LogP contribution is -2.12. The number of aryl methyl sites for hydroxylation is 1. The fourth-order valence-electron chi connectivity index (χ4n) is 1.73. The second kappa shape index (κ2) is 6.76. The molecule has 1 aromatic carbocycles. The van der Waals surface area contributed by atoms with Crippen molar-refractivity contribution >= 4 is 29.4 Å². The summed E-state index contributed by atoms with van der Waals surface area (Å²) < 4.78 is 1.74. The summed E-state index contributed by atoms with van der Waals surface area (Å²) in [5.74, 6) is -0.887. The molecule has 0 saturated heterocycles. The minimum absolute atomic E-state index is 0.145. The molecule has 1 aromatic heterocycles. The first-order valence-electron chi connectivity index (χ1n) is 6.27. The van der Waals surface area contributed by atoms with Crippen molar-refractivity contribution in [1.82, 2.24) is 9.55 Å². The standard InChI is InChI=1S/C14H11N5O3S/c1-18-5-4-17-14(18)23-12-3-2-9(7-11(12)19(21)22)6-10(8-15)13(16)20/h2-7H,1H3,(H2,16,20). The van der Waals surface area contributed by atoms with Crippen LogP contribution in [-0.4, -0.2) is 20.4 Å². The summed E-state index contributed by atoms with van der Waals surface area (Å²) in [6.45, 7) is 0. The number of nitrogens with zero attached hydrogens (tertiary/aromatic N) is 4. The van der Waals surface area contributed by atoms with Gasteiger partial charge in [0.1, 0.15) is 11.6 Å². The Kier molecular flexibility index (Phi) is 4.78. The summed E-state index contributed by atoms with van der Waals surface area (Å²) in [5.41, 5.74) is 4.98. The number of carbonyl (C=O) groups is 1. The number of carbonyl (C=O) groups excluding carboxylic acids is 1. The molecular weight excluding hydrogens is 318 g/mol. The molecule has 23 heavy (non-hydrogen) atoms. The second-order valence-corrected chi connectivity index (χ2v) is 5.45. The molecule has 8 nitrogen and oxygen atoms in total. The van der Waals surface area contributed by atoms with Gasteiger partial charge in [-0.2, -0.15) is 5.26 Å². The quantitative estimate of drug-likeness (QED) is 0.386. The first kappa shape index (κ1) is 16.3. The van der Waals surface area contributed by atoms with Crippen LogP contribution in [-0.2, 0) is 11.8 Å². The molecule has 2 rings (SSSR count). The molecule has 1 heterocycles. The van der Waals surface area contributed by atoms with Gasteiger partial charge in [-0.3, -0.25) is 14.9 Å². The van der Waals surface area contributed by atoms with Gasteiger partial charge in [-0.05, 0) is 29.5 Å². The van der Waals surface area contributed by atoms with Crippen LogP contribution in [0.4, 0.5) is 5.69 Å². The average Bonchev–Trinajstić information content (AvgIpc) is 2.90. The Balaban J connectivity index is 2.44. The van der Waals surface area contributed by atoms with Crippen LogP contribution in [0, 0.1) is 21.4 Å². The third-order valence-electron chi connectivity index (χ3n) is 2.85. The van der Waals surface area contributed by atoms with E-state index in [2.05, 4.69) is 4.98 Å². The van der Waals surface area contributed by atoms with Crippen LogP contribution in [0.1, 0.15) is 5.56 Å². The van der Waals surface area contributed by atoms with Gasteiger partial charge in [0.25, 0.3) is 11.6 Å². The van der Waals surface area contributed by atoms with E-state index < -0.39 is 10.8 Å². The third kappa shape index (κ3) is 3.75. The smallest absolute Gasteiger partial charge is 0.283 e. The largest absolute Gasteiger partial charge is 0.365 e. The van der Waals surface area contributed by atoms with Crippen molar-refractivity contribution in [3.05, 3.63) is 51.8 Å². The van der Waals surface area contributed by atoms with Crippen molar-refractivity contribution in [3.63, 3.8) is 0 Å². The number of nitro benzene ring substituents is 1. The fourth-order valence-corrected chi connectivity index (χ4v) is 2.62. The molecular formula is C14H11N5O3S. The molecule has 0 aliphatic carbocycles.